The number of nitrogens with one attached hydrogen (secondary N) is 2. The van der Waals surface area contributed by atoms with Gasteiger partial charge < -0.3 is 10.6 Å². The Morgan fingerprint density at radius 3 is 2.27 bits per heavy atom. The van der Waals surface area contributed by atoms with Crippen molar-refractivity contribution < 1.29 is 22.8 Å². The number of hydrogen-bond acceptors (Lipinski definition) is 2. The van der Waals surface area contributed by atoms with Gasteiger partial charge >= 0.3 is 6.18 Å². The lowest BCUT2D eigenvalue weighted by molar-refractivity contribution is -0.137. The molecule has 0 radical (unpaired) electrons. The fourth-order valence-corrected chi connectivity index (χ4v) is 2.30. The Hall–Kier alpha value is -2.83. The van der Waals surface area contributed by atoms with Crippen molar-refractivity contribution >= 4 is 17.5 Å². The number of hydrogen-bond donors (Lipinski definition) is 2. The fraction of sp³-hybridized carbons (Fsp3) is 0.263. The molecule has 0 aromatic heterocycles. The Morgan fingerprint density at radius 2 is 1.58 bits per heavy atom. The minimum absolute atomic E-state index is 0.0282. The van der Waals surface area contributed by atoms with Crippen molar-refractivity contribution in [1.29, 1.82) is 0 Å². The molecular formula is C19H19F3N2O2. The molecule has 0 spiro atoms. The van der Waals surface area contributed by atoms with Crippen LogP contribution < -0.4 is 10.6 Å². The molecule has 4 nitrogen and oxygen atoms in total. The van der Waals surface area contributed by atoms with Gasteiger partial charge in [-0.1, -0.05) is 36.4 Å². The molecule has 0 aliphatic heterocycles. The Morgan fingerprint density at radius 1 is 0.885 bits per heavy atom. The zero-order valence-electron chi connectivity index (χ0n) is 14.0. The molecule has 2 amide bonds. The molecule has 0 bridgehead atoms. The molecule has 2 aromatic carbocycles. The molecule has 0 aliphatic carbocycles. The highest BCUT2D eigenvalue weighted by atomic mass is 19.4. The third kappa shape index (κ3) is 6.58. The van der Waals surface area contributed by atoms with E-state index in [1.165, 1.54) is 12.1 Å². The zero-order chi connectivity index (χ0) is 19.0. The van der Waals surface area contributed by atoms with E-state index < -0.39 is 17.6 Å². The molecule has 2 rings (SSSR count). The van der Waals surface area contributed by atoms with Gasteiger partial charge in [-0.2, -0.15) is 13.2 Å². The van der Waals surface area contributed by atoms with Gasteiger partial charge in [-0.3, -0.25) is 9.59 Å². The van der Waals surface area contributed by atoms with E-state index in [1.54, 1.807) is 0 Å². The molecule has 0 atom stereocenters. The van der Waals surface area contributed by atoms with Crippen molar-refractivity contribution in [3.8, 4) is 0 Å². The summed E-state index contributed by atoms with van der Waals surface area (Å²) < 4.78 is 37.9. The first kappa shape index (κ1) is 19.5. The van der Waals surface area contributed by atoms with Crippen LogP contribution in [0.4, 0.5) is 18.9 Å². The van der Waals surface area contributed by atoms with E-state index in [9.17, 15) is 22.8 Å². The summed E-state index contributed by atoms with van der Waals surface area (Å²) in [7, 11) is 0. The Labute approximate surface area is 149 Å². The molecular weight excluding hydrogens is 345 g/mol. The largest absolute Gasteiger partial charge is 0.416 e. The van der Waals surface area contributed by atoms with Crippen molar-refractivity contribution in [3.63, 3.8) is 0 Å². The Kier molecular flexibility index (Phi) is 6.77. The first-order valence-corrected chi connectivity index (χ1v) is 8.12. The van der Waals surface area contributed by atoms with E-state index in [2.05, 4.69) is 10.6 Å². The van der Waals surface area contributed by atoms with Gasteiger partial charge in [0, 0.05) is 25.1 Å². The number of carbonyl (C=O) groups is 2. The molecule has 7 heteroatoms. The molecule has 26 heavy (non-hydrogen) atoms. The molecule has 2 N–H and O–H groups in total. The minimum Gasteiger partial charge on any atom is -0.356 e. The second-order valence-corrected chi connectivity index (χ2v) is 5.71. The summed E-state index contributed by atoms with van der Waals surface area (Å²) in [6, 6.07) is 14.0. The standard InChI is InChI=1S/C19H19F3N2O2/c20-19(21,22)15-7-4-8-16(13-15)24-18(26)10-9-17(25)23-12-11-14-5-2-1-3-6-14/h1-8,13H,9-12H2,(H,23,25)(H,24,26). The highest BCUT2D eigenvalue weighted by molar-refractivity contribution is 5.93. The third-order valence-electron chi connectivity index (χ3n) is 3.63. The number of rotatable bonds is 7. The number of amides is 2. The maximum absolute atomic E-state index is 12.6. The summed E-state index contributed by atoms with van der Waals surface area (Å²) in [5, 5.41) is 5.08. The monoisotopic (exact) mass is 364 g/mol. The van der Waals surface area contributed by atoms with Gasteiger partial charge in [0.25, 0.3) is 0 Å². The predicted octanol–water partition coefficient (Wildman–Crippen LogP) is 3.78. The molecule has 2 aromatic rings. The van der Waals surface area contributed by atoms with Crippen molar-refractivity contribution in [2.45, 2.75) is 25.4 Å². The van der Waals surface area contributed by atoms with Crippen LogP contribution in [0.25, 0.3) is 0 Å². The van der Waals surface area contributed by atoms with Crippen LogP contribution in [0.5, 0.6) is 0 Å². The van der Waals surface area contributed by atoms with E-state index in [1.807, 2.05) is 30.3 Å². The Balaban J connectivity index is 1.72. The summed E-state index contributed by atoms with van der Waals surface area (Å²) in [4.78, 5) is 23.5. The third-order valence-corrected chi connectivity index (χ3v) is 3.63. The van der Waals surface area contributed by atoms with E-state index in [-0.39, 0.29) is 24.4 Å². The SMILES string of the molecule is O=C(CCC(=O)Nc1cccc(C(F)(F)F)c1)NCCc1ccccc1. The average molecular weight is 364 g/mol. The van der Waals surface area contributed by atoms with E-state index in [0.29, 0.717) is 13.0 Å². The Bertz CT molecular complexity index is 746. The predicted molar refractivity (Wildman–Crippen MR) is 92.5 cm³/mol. The second-order valence-electron chi connectivity index (χ2n) is 5.71. The molecule has 0 saturated carbocycles. The summed E-state index contributed by atoms with van der Waals surface area (Å²) >= 11 is 0. The number of anilines is 1. The summed E-state index contributed by atoms with van der Waals surface area (Å²) in [6.07, 6.45) is -3.92. The maximum atomic E-state index is 12.6. The van der Waals surface area contributed by atoms with Crippen molar-refractivity contribution in [2.24, 2.45) is 0 Å². The van der Waals surface area contributed by atoms with Gasteiger partial charge in [-0.05, 0) is 30.2 Å². The topological polar surface area (TPSA) is 58.2 Å². The van der Waals surface area contributed by atoms with Gasteiger partial charge in [0.15, 0.2) is 0 Å². The summed E-state index contributed by atoms with van der Waals surface area (Å²) in [6.45, 7) is 0.456. The first-order valence-electron chi connectivity index (χ1n) is 8.12. The average Bonchev–Trinajstić information content (AvgIpc) is 2.60. The van der Waals surface area contributed by atoms with Crippen LogP contribution in [-0.2, 0) is 22.2 Å². The number of carbonyl (C=O) groups excluding carboxylic acids is 2. The highest BCUT2D eigenvalue weighted by Gasteiger charge is 2.30. The van der Waals surface area contributed by atoms with Crippen molar-refractivity contribution in [2.75, 3.05) is 11.9 Å². The van der Waals surface area contributed by atoms with Gasteiger partial charge in [0.05, 0.1) is 5.56 Å². The lowest BCUT2D eigenvalue weighted by Crippen LogP contribution is -2.26. The fourth-order valence-electron chi connectivity index (χ4n) is 2.30. The van der Waals surface area contributed by atoms with Crippen LogP contribution in [0.15, 0.2) is 54.6 Å². The quantitative estimate of drug-likeness (QED) is 0.785. The number of benzene rings is 2. The van der Waals surface area contributed by atoms with Crippen LogP contribution >= 0.6 is 0 Å². The number of alkyl halides is 3. The van der Waals surface area contributed by atoms with E-state index >= 15 is 0 Å². The number of halogens is 3. The van der Waals surface area contributed by atoms with Crippen LogP contribution in [0.3, 0.4) is 0 Å². The van der Waals surface area contributed by atoms with Gasteiger partial charge in [-0.15, -0.1) is 0 Å². The van der Waals surface area contributed by atoms with Crippen LogP contribution in [0, 0.1) is 0 Å². The summed E-state index contributed by atoms with van der Waals surface area (Å²) in [5.74, 6) is -0.789. The molecule has 0 saturated heterocycles. The van der Waals surface area contributed by atoms with Gasteiger partial charge in [0.2, 0.25) is 11.8 Å². The van der Waals surface area contributed by atoms with E-state index in [0.717, 1.165) is 17.7 Å². The van der Waals surface area contributed by atoms with Gasteiger partial charge in [0.1, 0.15) is 0 Å². The van der Waals surface area contributed by atoms with Gasteiger partial charge in [-0.25, -0.2) is 0 Å². The maximum Gasteiger partial charge on any atom is 0.416 e. The molecule has 0 unspecified atom stereocenters. The lowest BCUT2D eigenvalue weighted by atomic mass is 10.1. The van der Waals surface area contributed by atoms with Crippen molar-refractivity contribution in [3.05, 3.63) is 65.7 Å². The molecule has 0 fully saturated rings. The molecule has 0 heterocycles. The summed E-state index contributed by atoms with van der Waals surface area (Å²) in [5.41, 5.74) is 0.304. The normalized spacial score (nSPS) is 11.0. The lowest BCUT2D eigenvalue weighted by Gasteiger charge is -2.10. The minimum atomic E-state index is -4.47. The van der Waals surface area contributed by atoms with Crippen molar-refractivity contribution in [1.82, 2.24) is 5.32 Å². The first-order chi connectivity index (χ1) is 12.3. The zero-order valence-corrected chi connectivity index (χ0v) is 14.0. The highest BCUT2D eigenvalue weighted by Crippen LogP contribution is 2.30. The molecule has 0 aliphatic rings. The smallest absolute Gasteiger partial charge is 0.356 e. The second kappa shape index (κ2) is 9.03. The molecule has 138 valence electrons. The van der Waals surface area contributed by atoms with Crippen LogP contribution in [-0.4, -0.2) is 18.4 Å². The van der Waals surface area contributed by atoms with Crippen LogP contribution in [0.1, 0.15) is 24.0 Å². The van der Waals surface area contributed by atoms with E-state index in [4.69, 9.17) is 0 Å². The van der Waals surface area contributed by atoms with Crippen LogP contribution in [0.2, 0.25) is 0 Å².